The number of nitrogens with zero attached hydrogens (tertiary/aromatic N) is 2. The van der Waals surface area contributed by atoms with Crippen molar-refractivity contribution in [3.8, 4) is 0 Å². The van der Waals surface area contributed by atoms with Crippen LogP contribution < -0.4 is 0 Å². The Kier molecular flexibility index (Phi) is 1.72. The molecule has 2 heterocycles. The maximum Gasteiger partial charge on any atom is 0.0747 e. The van der Waals surface area contributed by atoms with Crippen molar-refractivity contribution in [2.45, 2.75) is 33.0 Å². The average molecular weight is 164 g/mol. The topological polar surface area (TPSA) is 8.17 Å². The SMILES string of the molecule is Cc1ccn2c1CC(C)N(C)C2. The molecule has 12 heavy (non-hydrogen) atoms. The summed E-state index contributed by atoms with van der Waals surface area (Å²) in [6, 6.07) is 2.90. The first-order valence-corrected chi connectivity index (χ1v) is 4.53. The van der Waals surface area contributed by atoms with Crippen LogP contribution in [-0.2, 0) is 13.1 Å². The fourth-order valence-electron chi connectivity index (χ4n) is 1.84. The number of hydrogen-bond acceptors (Lipinski definition) is 1. The smallest absolute Gasteiger partial charge is 0.0747 e. The van der Waals surface area contributed by atoms with Crippen LogP contribution >= 0.6 is 0 Å². The van der Waals surface area contributed by atoms with Crippen LogP contribution in [0.15, 0.2) is 12.3 Å². The summed E-state index contributed by atoms with van der Waals surface area (Å²) in [5, 5.41) is 0. The predicted molar refractivity (Wildman–Crippen MR) is 50.1 cm³/mol. The third-order valence-corrected chi connectivity index (χ3v) is 2.92. The van der Waals surface area contributed by atoms with E-state index < -0.39 is 0 Å². The summed E-state index contributed by atoms with van der Waals surface area (Å²) in [6.45, 7) is 5.53. The van der Waals surface area contributed by atoms with Crippen molar-refractivity contribution in [2.24, 2.45) is 0 Å². The Morgan fingerprint density at radius 1 is 1.50 bits per heavy atom. The molecule has 0 saturated carbocycles. The number of fused-ring (bicyclic) bond motifs is 1. The summed E-state index contributed by atoms with van der Waals surface area (Å²) < 4.78 is 2.34. The standard InChI is InChI=1S/C10H16N2/c1-8-4-5-12-7-11(3)9(2)6-10(8)12/h4-5,9H,6-7H2,1-3H3. The second kappa shape index (κ2) is 2.63. The van der Waals surface area contributed by atoms with Crippen molar-refractivity contribution in [3.63, 3.8) is 0 Å². The van der Waals surface area contributed by atoms with Crippen LogP contribution in [0.5, 0.6) is 0 Å². The quantitative estimate of drug-likeness (QED) is 0.566. The Bertz CT molecular complexity index is 288. The predicted octanol–water partition coefficient (Wildman–Crippen LogP) is 1.63. The molecule has 0 aliphatic carbocycles. The summed E-state index contributed by atoms with van der Waals surface area (Å²) in [6.07, 6.45) is 3.38. The van der Waals surface area contributed by atoms with Crippen LogP contribution in [0.3, 0.4) is 0 Å². The molecule has 1 aromatic rings. The molecule has 2 nitrogen and oxygen atoms in total. The van der Waals surface area contributed by atoms with Crippen molar-refractivity contribution in [3.05, 3.63) is 23.5 Å². The maximum absolute atomic E-state index is 2.38. The van der Waals surface area contributed by atoms with Crippen LogP contribution in [0.2, 0.25) is 0 Å². The van der Waals surface area contributed by atoms with Crippen LogP contribution in [0, 0.1) is 6.92 Å². The minimum absolute atomic E-state index is 0.686. The summed E-state index contributed by atoms with van der Waals surface area (Å²) >= 11 is 0. The second-order valence-electron chi connectivity index (χ2n) is 3.87. The van der Waals surface area contributed by atoms with Gasteiger partial charge in [-0.25, -0.2) is 0 Å². The monoisotopic (exact) mass is 164 g/mol. The van der Waals surface area contributed by atoms with Gasteiger partial charge in [-0.3, -0.25) is 4.90 Å². The molecule has 0 amide bonds. The van der Waals surface area contributed by atoms with Gasteiger partial charge in [0.2, 0.25) is 0 Å². The maximum atomic E-state index is 2.38. The highest BCUT2D eigenvalue weighted by Crippen LogP contribution is 2.19. The normalized spacial score (nSPS) is 24.1. The molecule has 2 heteroatoms. The summed E-state index contributed by atoms with van der Waals surface area (Å²) in [5.74, 6) is 0. The van der Waals surface area contributed by atoms with E-state index in [9.17, 15) is 0 Å². The van der Waals surface area contributed by atoms with Crippen LogP contribution in [0.4, 0.5) is 0 Å². The Morgan fingerprint density at radius 2 is 2.25 bits per heavy atom. The van der Waals surface area contributed by atoms with Crippen molar-refractivity contribution >= 4 is 0 Å². The van der Waals surface area contributed by atoms with Gasteiger partial charge in [0.15, 0.2) is 0 Å². The molecule has 1 aliphatic heterocycles. The van der Waals surface area contributed by atoms with Gasteiger partial charge in [0.1, 0.15) is 0 Å². The fraction of sp³-hybridized carbons (Fsp3) is 0.600. The molecule has 0 radical (unpaired) electrons. The molecule has 0 fully saturated rings. The van der Waals surface area contributed by atoms with E-state index in [1.165, 1.54) is 17.7 Å². The molecule has 1 atom stereocenters. The third-order valence-electron chi connectivity index (χ3n) is 2.92. The van der Waals surface area contributed by atoms with Gasteiger partial charge < -0.3 is 4.57 Å². The second-order valence-corrected chi connectivity index (χ2v) is 3.87. The molecule has 1 aliphatic rings. The first-order chi connectivity index (χ1) is 5.68. The van der Waals surface area contributed by atoms with E-state index in [-0.39, 0.29) is 0 Å². The molecule has 1 aromatic heterocycles. The summed E-state index contributed by atoms with van der Waals surface area (Å²) in [4.78, 5) is 2.38. The number of hydrogen-bond donors (Lipinski definition) is 0. The van der Waals surface area contributed by atoms with E-state index in [2.05, 4.69) is 42.6 Å². The van der Waals surface area contributed by atoms with Crippen molar-refractivity contribution in [2.75, 3.05) is 7.05 Å². The van der Waals surface area contributed by atoms with Gasteiger partial charge in [-0.05, 0) is 32.5 Å². The largest absolute Gasteiger partial charge is 0.338 e. The minimum atomic E-state index is 0.686. The van der Waals surface area contributed by atoms with E-state index in [1.807, 2.05) is 0 Å². The fourth-order valence-corrected chi connectivity index (χ4v) is 1.84. The summed E-state index contributed by atoms with van der Waals surface area (Å²) in [5.41, 5.74) is 2.95. The molecule has 0 saturated heterocycles. The Morgan fingerprint density at radius 3 is 3.00 bits per heavy atom. The highest BCUT2D eigenvalue weighted by Gasteiger charge is 2.19. The first-order valence-electron chi connectivity index (χ1n) is 4.53. The van der Waals surface area contributed by atoms with E-state index in [0.717, 1.165) is 6.67 Å². The first kappa shape index (κ1) is 7.87. The molecule has 2 rings (SSSR count). The van der Waals surface area contributed by atoms with Crippen molar-refractivity contribution in [1.82, 2.24) is 9.47 Å². The highest BCUT2D eigenvalue weighted by molar-refractivity contribution is 5.22. The van der Waals surface area contributed by atoms with Gasteiger partial charge in [-0.2, -0.15) is 0 Å². The van der Waals surface area contributed by atoms with Crippen LogP contribution in [-0.4, -0.2) is 22.6 Å². The van der Waals surface area contributed by atoms with E-state index in [0.29, 0.717) is 6.04 Å². The van der Waals surface area contributed by atoms with Gasteiger partial charge >= 0.3 is 0 Å². The lowest BCUT2D eigenvalue weighted by Crippen LogP contribution is -2.38. The molecule has 66 valence electrons. The van der Waals surface area contributed by atoms with Gasteiger partial charge in [-0.15, -0.1) is 0 Å². The number of likely N-dealkylation sites (N-methyl/N-ethyl adjacent to an activating group) is 1. The van der Waals surface area contributed by atoms with Crippen LogP contribution in [0.1, 0.15) is 18.2 Å². The molecule has 1 unspecified atom stereocenters. The van der Waals surface area contributed by atoms with Gasteiger partial charge in [0.25, 0.3) is 0 Å². The van der Waals surface area contributed by atoms with E-state index in [4.69, 9.17) is 0 Å². The lowest BCUT2D eigenvalue weighted by molar-refractivity contribution is 0.173. The zero-order chi connectivity index (χ0) is 8.72. The van der Waals surface area contributed by atoms with Gasteiger partial charge in [0, 0.05) is 24.4 Å². The van der Waals surface area contributed by atoms with Crippen molar-refractivity contribution < 1.29 is 0 Å². The minimum Gasteiger partial charge on any atom is -0.338 e. The Hall–Kier alpha value is -0.760. The lowest BCUT2D eigenvalue weighted by Gasteiger charge is -2.31. The molecular formula is C10H16N2. The van der Waals surface area contributed by atoms with Crippen LogP contribution in [0.25, 0.3) is 0 Å². The van der Waals surface area contributed by atoms with E-state index in [1.54, 1.807) is 0 Å². The zero-order valence-corrected chi connectivity index (χ0v) is 8.04. The average Bonchev–Trinajstić information content (AvgIpc) is 2.35. The number of aryl methyl sites for hydroxylation is 1. The Labute approximate surface area is 73.8 Å². The number of rotatable bonds is 0. The molecule has 0 aromatic carbocycles. The lowest BCUT2D eigenvalue weighted by atomic mass is 10.1. The third kappa shape index (κ3) is 1.07. The molecular weight excluding hydrogens is 148 g/mol. The molecule has 0 N–H and O–H groups in total. The van der Waals surface area contributed by atoms with Gasteiger partial charge in [-0.1, -0.05) is 0 Å². The molecule has 0 spiro atoms. The number of aromatic nitrogens is 1. The summed E-state index contributed by atoms with van der Waals surface area (Å²) in [7, 11) is 2.18. The zero-order valence-electron chi connectivity index (χ0n) is 8.04. The van der Waals surface area contributed by atoms with Crippen molar-refractivity contribution in [1.29, 1.82) is 0 Å². The molecule has 0 bridgehead atoms. The Balaban J connectivity index is 2.36. The highest BCUT2D eigenvalue weighted by atomic mass is 15.3. The van der Waals surface area contributed by atoms with Gasteiger partial charge in [0.05, 0.1) is 6.67 Å². The van der Waals surface area contributed by atoms with E-state index >= 15 is 0 Å².